The molecule has 0 atom stereocenters. The Bertz CT molecular complexity index is 66.0. The van der Waals surface area contributed by atoms with Crippen molar-refractivity contribution in [3.8, 4) is 0 Å². The Hall–Kier alpha value is 0.270. The van der Waals surface area contributed by atoms with Gasteiger partial charge in [0.05, 0.1) is 19.6 Å². The molecular weight excluding hydrogens is 132 g/mol. The maximum atomic E-state index is 2.56. The number of nitrogens with zero attached hydrogens (tertiary/aromatic N) is 1. The summed E-state index contributed by atoms with van der Waals surface area (Å²) in [7, 11) is 0. The Kier molecular flexibility index (Phi) is 2.38. The molecule has 0 amide bonds. The lowest BCUT2D eigenvalue weighted by Gasteiger charge is -2.38. The maximum Gasteiger partial charge on any atom is 0.0901 e. The van der Waals surface area contributed by atoms with Gasteiger partial charge in [0.15, 0.2) is 0 Å². The third-order valence-electron chi connectivity index (χ3n) is 2.34. The number of piperazine rings is 3. The molecule has 9 heavy (non-hydrogen) atoms. The molecule has 0 spiro atoms. The lowest BCUT2D eigenvalue weighted by atomic mass is 10.2. The van der Waals surface area contributed by atoms with E-state index in [1.165, 1.54) is 39.3 Å². The summed E-state index contributed by atoms with van der Waals surface area (Å²) in [5.74, 6) is 0. The highest BCUT2D eigenvalue weighted by Gasteiger charge is 2.25. The lowest BCUT2D eigenvalue weighted by molar-refractivity contribution is -0.914. The van der Waals surface area contributed by atoms with Gasteiger partial charge in [-0.05, 0) is 0 Å². The van der Waals surface area contributed by atoms with Gasteiger partial charge in [0.25, 0.3) is 0 Å². The molecule has 0 aromatic rings. The fourth-order valence-electron chi connectivity index (χ4n) is 1.66. The van der Waals surface area contributed by atoms with Crippen LogP contribution >= 0.6 is 0 Å². The van der Waals surface area contributed by atoms with E-state index in [0.717, 1.165) is 0 Å². The van der Waals surface area contributed by atoms with E-state index in [1.54, 1.807) is 0 Å². The van der Waals surface area contributed by atoms with Crippen molar-refractivity contribution in [3.63, 3.8) is 0 Å². The number of thiol groups is 1. The Morgan fingerprint density at radius 1 is 0.889 bits per heavy atom. The van der Waals surface area contributed by atoms with Crippen molar-refractivity contribution in [1.82, 2.24) is 4.90 Å². The second-order valence-corrected chi connectivity index (χ2v) is 2.84. The molecule has 3 aliphatic rings. The van der Waals surface area contributed by atoms with Crippen molar-refractivity contribution in [1.29, 1.82) is 0 Å². The second-order valence-electron chi connectivity index (χ2n) is 2.84. The van der Waals surface area contributed by atoms with Gasteiger partial charge in [0.1, 0.15) is 0 Å². The van der Waals surface area contributed by atoms with Crippen LogP contribution in [0.2, 0.25) is 0 Å². The van der Waals surface area contributed by atoms with Gasteiger partial charge in [-0.1, -0.05) is 0 Å². The van der Waals surface area contributed by atoms with Gasteiger partial charge in [0, 0.05) is 19.6 Å². The van der Waals surface area contributed by atoms with Crippen LogP contribution in [0.4, 0.5) is 0 Å². The third kappa shape index (κ3) is 1.39. The highest BCUT2D eigenvalue weighted by Crippen LogP contribution is 1.91. The fraction of sp³-hybridized carbons (Fsp3) is 1.00. The average molecular weight is 146 g/mol. The molecule has 1 N–H and O–H groups in total. The van der Waals surface area contributed by atoms with Gasteiger partial charge in [-0.25, -0.2) is 0 Å². The number of hydrogen-bond donors (Lipinski definition) is 1. The van der Waals surface area contributed by atoms with E-state index in [1.807, 2.05) is 4.90 Å². The number of nitrogens with one attached hydrogen (secondary N) is 1. The topological polar surface area (TPSA) is 7.68 Å². The highest BCUT2D eigenvalue weighted by atomic mass is 32.1. The first-order valence-electron chi connectivity index (χ1n) is 3.51. The molecule has 0 aliphatic carbocycles. The number of quaternary nitrogens is 1. The van der Waals surface area contributed by atoms with Crippen LogP contribution in [0.25, 0.3) is 0 Å². The van der Waals surface area contributed by atoms with E-state index in [0.29, 0.717) is 0 Å². The van der Waals surface area contributed by atoms with Gasteiger partial charge in [0.2, 0.25) is 0 Å². The Morgan fingerprint density at radius 2 is 1.33 bits per heavy atom. The van der Waals surface area contributed by atoms with Gasteiger partial charge in [-0.15, -0.1) is 0 Å². The smallest absolute Gasteiger partial charge is 0.0901 e. The van der Waals surface area contributed by atoms with Crippen molar-refractivity contribution in [2.24, 2.45) is 0 Å². The molecule has 0 radical (unpaired) electrons. The molecule has 2 nitrogen and oxygen atoms in total. The fourth-order valence-corrected chi connectivity index (χ4v) is 1.66. The van der Waals surface area contributed by atoms with Crippen LogP contribution in [0, 0.1) is 0 Å². The first kappa shape index (κ1) is 7.38. The van der Waals surface area contributed by atoms with Crippen LogP contribution in [0.1, 0.15) is 0 Å². The van der Waals surface area contributed by atoms with Gasteiger partial charge >= 0.3 is 0 Å². The molecule has 0 unspecified atom stereocenters. The van der Waals surface area contributed by atoms with Gasteiger partial charge in [-0.2, -0.15) is 0 Å². The summed E-state index contributed by atoms with van der Waals surface area (Å²) in [6.45, 7) is 8.28. The average Bonchev–Trinajstić information content (AvgIpc) is 1.92. The summed E-state index contributed by atoms with van der Waals surface area (Å²) < 4.78 is 0. The molecule has 3 fully saturated rings. The van der Waals surface area contributed by atoms with E-state index in [4.69, 9.17) is 0 Å². The van der Waals surface area contributed by atoms with Crippen molar-refractivity contribution < 1.29 is 4.90 Å². The first-order chi connectivity index (χ1) is 3.95. The minimum Gasteiger partial charge on any atom is -0.813 e. The quantitative estimate of drug-likeness (QED) is 0.310. The van der Waals surface area contributed by atoms with Gasteiger partial charge < -0.3 is 18.4 Å². The standard InChI is InChI=1S/C6H12N2.H2S/c1-2-8-5-3-7(1)4-6-8;/h1-6H2;1H2. The summed E-state index contributed by atoms with van der Waals surface area (Å²) in [5, 5.41) is 0. The summed E-state index contributed by atoms with van der Waals surface area (Å²) in [6, 6.07) is 0. The van der Waals surface area contributed by atoms with E-state index in [-0.39, 0.29) is 13.5 Å². The zero-order valence-corrected chi connectivity index (χ0v) is 6.53. The third-order valence-corrected chi connectivity index (χ3v) is 2.34. The minimum absolute atomic E-state index is 0. The predicted octanol–water partition coefficient (Wildman–Crippen LogP) is -2.07. The molecule has 0 aromatic carbocycles. The highest BCUT2D eigenvalue weighted by molar-refractivity contribution is 7.37. The van der Waals surface area contributed by atoms with E-state index in [9.17, 15) is 0 Å². The lowest BCUT2D eigenvalue weighted by Crippen LogP contribution is -3.17. The molecule has 54 valence electrons. The first-order valence-corrected chi connectivity index (χ1v) is 3.51. The van der Waals surface area contributed by atoms with Gasteiger partial charge in [-0.3, -0.25) is 4.90 Å². The summed E-state index contributed by atoms with van der Waals surface area (Å²) in [5.41, 5.74) is 0. The summed E-state index contributed by atoms with van der Waals surface area (Å²) >= 11 is 0. The molecule has 3 saturated heterocycles. The summed E-state index contributed by atoms with van der Waals surface area (Å²) in [4.78, 5) is 4.39. The molecular formula is C6H14N2S. The monoisotopic (exact) mass is 146 g/mol. The minimum atomic E-state index is 0. The predicted molar refractivity (Wildman–Crippen MR) is 40.8 cm³/mol. The molecule has 0 aromatic heterocycles. The molecule has 3 heterocycles. The molecule has 0 saturated carbocycles. The molecule has 3 heteroatoms. The van der Waals surface area contributed by atoms with Crippen molar-refractivity contribution in [2.75, 3.05) is 39.3 Å². The molecule has 3 rings (SSSR count). The molecule has 3 aliphatic heterocycles. The van der Waals surface area contributed by atoms with E-state index in [2.05, 4.69) is 4.90 Å². The van der Waals surface area contributed by atoms with Crippen LogP contribution < -0.4 is 4.90 Å². The Balaban J connectivity index is 0.000000405. The number of hydrogen-bond acceptors (Lipinski definition) is 2. The molecule has 2 bridgehead atoms. The SMILES string of the molecule is C1C[NH+]2CCN1CC2.[SH-]. The summed E-state index contributed by atoms with van der Waals surface area (Å²) in [6.07, 6.45) is 0. The zero-order valence-electron chi connectivity index (χ0n) is 5.64. The maximum absolute atomic E-state index is 2.56. The van der Waals surface area contributed by atoms with Crippen LogP contribution in [0.3, 0.4) is 0 Å². The number of fused-ring (bicyclic) bond motifs is 3. The largest absolute Gasteiger partial charge is 0.813 e. The van der Waals surface area contributed by atoms with Crippen LogP contribution in [-0.2, 0) is 13.5 Å². The Labute approximate surface area is 63.3 Å². The second kappa shape index (κ2) is 2.90. The normalized spacial score (nSPS) is 40.0. The van der Waals surface area contributed by atoms with Crippen LogP contribution in [0.5, 0.6) is 0 Å². The van der Waals surface area contributed by atoms with Crippen molar-refractivity contribution in [3.05, 3.63) is 0 Å². The zero-order chi connectivity index (χ0) is 5.40. The Morgan fingerprint density at radius 3 is 1.44 bits per heavy atom. The number of rotatable bonds is 0. The van der Waals surface area contributed by atoms with Crippen molar-refractivity contribution in [2.45, 2.75) is 0 Å². The van der Waals surface area contributed by atoms with E-state index >= 15 is 0 Å². The van der Waals surface area contributed by atoms with Crippen LogP contribution in [-0.4, -0.2) is 44.2 Å². The van der Waals surface area contributed by atoms with Crippen molar-refractivity contribution >= 4 is 13.5 Å². The van der Waals surface area contributed by atoms with E-state index < -0.39 is 0 Å². The van der Waals surface area contributed by atoms with Crippen LogP contribution in [0.15, 0.2) is 0 Å².